The van der Waals surface area contributed by atoms with Gasteiger partial charge >= 0.3 is 5.97 Å². The smallest absolute Gasteiger partial charge is 0.304 e. The van der Waals surface area contributed by atoms with E-state index in [1.54, 1.807) is 0 Å². The standard InChI is InChI=1S/C15H21NO4/c17-15(18)7-8-16-10-12-3-5-13(6-4-12)20-11-14-2-1-9-19-14/h3-6,14,16H,1-2,7-11H2,(H,17,18). The van der Waals surface area contributed by atoms with Gasteiger partial charge in [-0.25, -0.2) is 0 Å². The Morgan fingerprint density at radius 2 is 2.20 bits per heavy atom. The van der Waals surface area contributed by atoms with Crippen LogP contribution in [0.2, 0.25) is 0 Å². The van der Waals surface area contributed by atoms with Crippen LogP contribution in [0.1, 0.15) is 24.8 Å². The molecule has 1 saturated heterocycles. The van der Waals surface area contributed by atoms with Gasteiger partial charge in [0.1, 0.15) is 12.4 Å². The van der Waals surface area contributed by atoms with Gasteiger partial charge in [-0.1, -0.05) is 12.1 Å². The highest BCUT2D eigenvalue weighted by molar-refractivity contribution is 5.66. The molecule has 1 heterocycles. The lowest BCUT2D eigenvalue weighted by Crippen LogP contribution is -2.17. The summed E-state index contributed by atoms with van der Waals surface area (Å²) < 4.78 is 11.2. The highest BCUT2D eigenvalue weighted by Gasteiger charge is 2.15. The molecule has 0 aliphatic carbocycles. The zero-order valence-corrected chi connectivity index (χ0v) is 11.5. The molecule has 1 unspecified atom stereocenters. The normalized spacial score (nSPS) is 18.1. The molecule has 1 aliphatic heterocycles. The van der Waals surface area contributed by atoms with E-state index in [4.69, 9.17) is 14.6 Å². The number of rotatable bonds is 8. The molecule has 20 heavy (non-hydrogen) atoms. The van der Waals surface area contributed by atoms with Crippen LogP contribution < -0.4 is 10.1 Å². The maximum atomic E-state index is 10.4. The third-order valence-corrected chi connectivity index (χ3v) is 3.23. The fourth-order valence-electron chi connectivity index (χ4n) is 2.10. The largest absolute Gasteiger partial charge is 0.491 e. The minimum Gasteiger partial charge on any atom is -0.491 e. The van der Waals surface area contributed by atoms with Crippen molar-refractivity contribution < 1.29 is 19.4 Å². The van der Waals surface area contributed by atoms with E-state index in [0.717, 1.165) is 30.8 Å². The lowest BCUT2D eigenvalue weighted by molar-refractivity contribution is -0.136. The lowest BCUT2D eigenvalue weighted by Gasteiger charge is -2.11. The number of aliphatic carboxylic acids is 1. The molecule has 0 saturated carbocycles. The average molecular weight is 279 g/mol. The predicted octanol–water partition coefficient (Wildman–Crippen LogP) is 1.81. The number of hydrogen-bond acceptors (Lipinski definition) is 4. The van der Waals surface area contributed by atoms with Crippen molar-refractivity contribution in [2.24, 2.45) is 0 Å². The number of carboxylic acids is 1. The maximum Gasteiger partial charge on any atom is 0.304 e. The average Bonchev–Trinajstić information content (AvgIpc) is 2.96. The molecular formula is C15H21NO4. The maximum absolute atomic E-state index is 10.4. The van der Waals surface area contributed by atoms with E-state index in [1.807, 2.05) is 24.3 Å². The molecule has 1 aromatic carbocycles. The molecule has 2 N–H and O–H groups in total. The van der Waals surface area contributed by atoms with Crippen molar-refractivity contribution in [2.75, 3.05) is 19.8 Å². The van der Waals surface area contributed by atoms with Crippen LogP contribution in [0.25, 0.3) is 0 Å². The third-order valence-electron chi connectivity index (χ3n) is 3.23. The Morgan fingerprint density at radius 1 is 1.40 bits per heavy atom. The molecule has 2 rings (SSSR count). The van der Waals surface area contributed by atoms with Crippen molar-refractivity contribution >= 4 is 5.97 Å². The Hall–Kier alpha value is -1.59. The van der Waals surface area contributed by atoms with E-state index in [1.165, 1.54) is 0 Å². The van der Waals surface area contributed by atoms with Crippen LogP contribution >= 0.6 is 0 Å². The molecule has 0 radical (unpaired) electrons. The van der Waals surface area contributed by atoms with Gasteiger partial charge in [-0.3, -0.25) is 4.79 Å². The van der Waals surface area contributed by atoms with Gasteiger partial charge in [-0.2, -0.15) is 0 Å². The van der Waals surface area contributed by atoms with Crippen LogP contribution in [0.15, 0.2) is 24.3 Å². The van der Waals surface area contributed by atoms with Crippen molar-refractivity contribution in [3.63, 3.8) is 0 Å². The van der Waals surface area contributed by atoms with Crippen molar-refractivity contribution in [2.45, 2.75) is 31.9 Å². The summed E-state index contributed by atoms with van der Waals surface area (Å²) in [6, 6.07) is 7.84. The molecule has 1 aromatic rings. The topological polar surface area (TPSA) is 67.8 Å². The first-order valence-electron chi connectivity index (χ1n) is 7.00. The number of ether oxygens (including phenoxy) is 2. The van der Waals surface area contributed by atoms with Gasteiger partial charge in [0.25, 0.3) is 0 Å². The quantitative estimate of drug-likeness (QED) is 0.710. The number of benzene rings is 1. The number of hydrogen-bond donors (Lipinski definition) is 2. The van der Waals surface area contributed by atoms with E-state index in [-0.39, 0.29) is 12.5 Å². The summed E-state index contributed by atoms with van der Waals surface area (Å²) in [5.41, 5.74) is 1.11. The zero-order chi connectivity index (χ0) is 14.2. The van der Waals surface area contributed by atoms with Gasteiger partial charge in [0.05, 0.1) is 12.5 Å². The first-order valence-corrected chi connectivity index (χ1v) is 7.00. The molecule has 5 heteroatoms. The van der Waals surface area contributed by atoms with E-state index in [9.17, 15) is 4.79 Å². The molecule has 0 amide bonds. The summed E-state index contributed by atoms with van der Waals surface area (Å²) in [5, 5.41) is 11.6. The van der Waals surface area contributed by atoms with Gasteiger partial charge < -0.3 is 19.9 Å². The molecule has 0 aromatic heterocycles. The van der Waals surface area contributed by atoms with E-state index >= 15 is 0 Å². The molecule has 0 spiro atoms. The van der Waals surface area contributed by atoms with Crippen molar-refractivity contribution in [1.82, 2.24) is 5.32 Å². The minimum atomic E-state index is -0.782. The van der Waals surface area contributed by atoms with Crippen LogP contribution in [0.3, 0.4) is 0 Å². The number of carboxylic acid groups (broad SMARTS) is 1. The molecule has 1 aliphatic rings. The first-order chi connectivity index (χ1) is 9.74. The SMILES string of the molecule is O=C(O)CCNCc1ccc(OCC2CCCO2)cc1. The van der Waals surface area contributed by atoms with Gasteiger partial charge in [0.15, 0.2) is 0 Å². The van der Waals surface area contributed by atoms with E-state index < -0.39 is 5.97 Å². The second kappa shape index (κ2) is 7.87. The Balaban J connectivity index is 1.67. The molecule has 5 nitrogen and oxygen atoms in total. The second-order valence-electron chi connectivity index (χ2n) is 4.91. The van der Waals surface area contributed by atoms with Gasteiger partial charge in [-0.15, -0.1) is 0 Å². The van der Waals surface area contributed by atoms with Gasteiger partial charge in [0, 0.05) is 19.7 Å². The van der Waals surface area contributed by atoms with Crippen molar-refractivity contribution in [3.05, 3.63) is 29.8 Å². The van der Waals surface area contributed by atoms with Gasteiger partial charge in [-0.05, 0) is 30.5 Å². The summed E-state index contributed by atoms with van der Waals surface area (Å²) in [5.74, 6) is 0.0603. The summed E-state index contributed by atoms with van der Waals surface area (Å²) >= 11 is 0. The molecule has 0 bridgehead atoms. The van der Waals surface area contributed by atoms with Crippen molar-refractivity contribution in [3.8, 4) is 5.75 Å². The highest BCUT2D eigenvalue weighted by atomic mass is 16.5. The Labute approximate surface area is 118 Å². The fourth-order valence-corrected chi connectivity index (χ4v) is 2.10. The Kier molecular flexibility index (Phi) is 5.83. The van der Waals surface area contributed by atoms with Crippen LogP contribution in [0.4, 0.5) is 0 Å². The van der Waals surface area contributed by atoms with Crippen LogP contribution in [0.5, 0.6) is 5.75 Å². The van der Waals surface area contributed by atoms with Crippen molar-refractivity contribution in [1.29, 1.82) is 0 Å². The number of carbonyl (C=O) groups is 1. The summed E-state index contributed by atoms with van der Waals surface area (Å²) in [6.45, 7) is 2.59. The van der Waals surface area contributed by atoms with Crippen LogP contribution in [-0.2, 0) is 16.1 Å². The predicted molar refractivity (Wildman–Crippen MR) is 74.9 cm³/mol. The third kappa shape index (κ3) is 5.19. The zero-order valence-electron chi connectivity index (χ0n) is 11.5. The van der Waals surface area contributed by atoms with Crippen LogP contribution in [0, 0.1) is 0 Å². The fraction of sp³-hybridized carbons (Fsp3) is 0.533. The summed E-state index contributed by atoms with van der Waals surface area (Å²) in [7, 11) is 0. The Bertz CT molecular complexity index is 412. The molecule has 110 valence electrons. The van der Waals surface area contributed by atoms with Crippen LogP contribution in [-0.4, -0.2) is 36.9 Å². The molecule has 1 fully saturated rings. The lowest BCUT2D eigenvalue weighted by atomic mass is 10.2. The van der Waals surface area contributed by atoms with Gasteiger partial charge in [0.2, 0.25) is 0 Å². The molecule has 1 atom stereocenters. The highest BCUT2D eigenvalue weighted by Crippen LogP contribution is 2.16. The first kappa shape index (κ1) is 14.8. The van der Waals surface area contributed by atoms with E-state index in [0.29, 0.717) is 19.7 Å². The minimum absolute atomic E-state index is 0.141. The summed E-state index contributed by atoms with van der Waals surface area (Å²) in [4.78, 5) is 10.4. The molecular weight excluding hydrogens is 258 g/mol. The van der Waals surface area contributed by atoms with E-state index in [2.05, 4.69) is 5.32 Å². The number of nitrogens with one attached hydrogen (secondary N) is 1. The Morgan fingerprint density at radius 3 is 2.85 bits per heavy atom. The second-order valence-corrected chi connectivity index (χ2v) is 4.91. The monoisotopic (exact) mass is 279 g/mol. The summed E-state index contributed by atoms with van der Waals surface area (Å²) in [6.07, 6.45) is 2.57.